The van der Waals surface area contributed by atoms with Crippen LogP contribution in [0.4, 0.5) is 0 Å². The highest BCUT2D eigenvalue weighted by Crippen LogP contribution is 2.17. The highest BCUT2D eigenvalue weighted by Gasteiger charge is 2.27. The largest absolute Gasteiger partial charge is 0.316 e. The Balaban J connectivity index is 0.000000526. The molecule has 0 saturated carbocycles. The summed E-state index contributed by atoms with van der Waals surface area (Å²) in [6.45, 7) is 36.4. The van der Waals surface area contributed by atoms with Crippen molar-refractivity contribution in [1.82, 2.24) is 30.7 Å². The summed E-state index contributed by atoms with van der Waals surface area (Å²) in [5.74, 6) is 1.84. The molecule has 1 atom stereocenters. The molecule has 33 heavy (non-hydrogen) atoms. The van der Waals surface area contributed by atoms with E-state index in [0.717, 1.165) is 11.8 Å². The van der Waals surface area contributed by atoms with Gasteiger partial charge >= 0.3 is 0 Å². The predicted octanol–water partition coefficient (Wildman–Crippen LogP) is 3.20. The summed E-state index contributed by atoms with van der Waals surface area (Å²) in [6, 6.07) is 0. The third-order valence-electron chi connectivity index (χ3n) is 6.59. The molecule has 6 heteroatoms. The van der Waals surface area contributed by atoms with Crippen LogP contribution in [0.5, 0.6) is 0 Å². The Morgan fingerprint density at radius 2 is 1.06 bits per heavy atom. The fraction of sp³-hybridized carbons (Fsp3) is 1.00. The minimum Gasteiger partial charge on any atom is -0.316 e. The van der Waals surface area contributed by atoms with Gasteiger partial charge in [0.15, 0.2) is 0 Å². The molecule has 200 valence electrons. The first-order valence-electron chi connectivity index (χ1n) is 14.3. The molecule has 4 fully saturated rings. The number of hydrogen-bond donors (Lipinski definition) is 3. The van der Waals surface area contributed by atoms with Crippen LogP contribution in [-0.2, 0) is 0 Å². The fourth-order valence-corrected chi connectivity index (χ4v) is 4.57. The summed E-state index contributed by atoms with van der Waals surface area (Å²) in [5, 5.41) is 10.1. The molecular formula is C27H62N6. The van der Waals surface area contributed by atoms with Gasteiger partial charge in [0, 0.05) is 84.1 Å². The maximum atomic E-state index is 3.46. The molecule has 0 unspecified atom stereocenters. The van der Waals surface area contributed by atoms with Crippen molar-refractivity contribution in [1.29, 1.82) is 0 Å². The van der Waals surface area contributed by atoms with Crippen molar-refractivity contribution in [2.24, 2.45) is 11.8 Å². The lowest BCUT2D eigenvalue weighted by molar-refractivity contribution is 0.0565. The van der Waals surface area contributed by atoms with E-state index in [-0.39, 0.29) is 0 Å². The molecule has 4 heterocycles. The first kappa shape index (κ1) is 32.8. The molecule has 6 nitrogen and oxygen atoms in total. The summed E-state index contributed by atoms with van der Waals surface area (Å²) >= 11 is 0. The van der Waals surface area contributed by atoms with Gasteiger partial charge in [0.2, 0.25) is 0 Å². The van der Waals surface area contributed by atoms with Crippen LogP contribution in [0, 0.1) is 11.8 Å². The third-order valence-corrected chi connectivity index (χ3v) is 6.59. The molecule has 0 spiro atoms. The van der Waals surface area contributed by atoms with Crippen LogP contribution in [0.25, 0.3) is 0 Å². The van der Waals surface area contributed by atoms with E-state index < -0.39 is 0 Å². The summed E-state index contributed by atoms with van der Waals surface area (Å²) < 4.78 is 0. The summed E-state index contributed by atoms with van der Waals surface area (Å²) in [7, 11) is 0. The molecule has 0 aromatic rings. The van der Waals surface area contributed by atoms with Gasteiger partial charge in [-0.15, -0.1) is 0 Å². The molecular weight excluding hydrogens is 408 g/mol. The molecule has 0 aromatic carbocycles. The first-order valence-corrected chi connectivity index (χ1v) is 14.3. The Kier molecular flexibility index (Phi) is 19.9. The maximum Gasteiger partial charge on any atom is 0.0126 e. The SMILES string of the molecule is C1CN(CC2CNC2)CCN1.CC.CC.CC.CC(C)(C)N1CCN(C[C@@H]2CCNC2)CC1. The molecule has 0 bridgehead atoms. The zero-order valence-corrected chi connectivity index (χ0v) is 24.1. The molecule has 0 aromatic heterocycles. The smallest absolute Gasteiger partial charge is 0.0126 e. The van der Waals surface area contributed by atoms with E-state index in [9.17, 15) is 0 Å². The normalized spacial score (nSPS) is 24.5. The molecule has 0 aliphatic carbocycles. The van der Waals surface area contributed by atoms with Gasteiger partial charge in [-0.3, -0.25) is 4.90 Å². The van der Waals surface area contributed by atoms with Gasteiger partial charge < -0.3 is 25.8 Å². The lowest BCUT2D eigenvalue weighted by Crippen LogP contribution is -2.54. The molecule has 4 aliphatic rings. The Hall–Kier alpha value is -0.240. The predicted molar refractivity (Wildman–Crippen MR) is 148 cm³/mol. The number of nitrogens with zero attached hydrogens (tertiary/aromatic N) is 3. The van der Waals surface area contributed by atoms with E-state index in [0.29, 0.717) is 5.54 Å². The average molecular weight is 471 g/mol. The second kappa shape index (κ2) is 20.0. The topological polar surface area (TPSA) is 45.8 Å². The Morgan fingerprint density at radius 1 is 0.576 bits per heavy atom. The van der Waals surface area contributed by atoms with Crippen LogP contribution in [0.2, 0.25) is 0 Å². The molecule has 3 N–H and O–H groups in total. The second-order valence-electron chi connectivity index (χ2n) is 9.89. The minimum absolute atomic E-state index is 0.348. The molecule has 0 radical (unpaired) electrons. The first-order chi connectivity index (χ1) is 16.0. The number of piperazine rings is 2. The van der Waals surface area contributed by atoms with Gasteiger partial charge in [-0.25, -0.2) is 0 Å². The van der Waals surface area contributed by atoms with E-state index in [1.165, 1.54) is 98.0 Å². The van der Waals surface area contributed by atoms with Crippen LogP contribution >= 0.6 is 0 Å². The number of rotatable bonds is 4. The molecule has 4 saturated heterocycles. The van der Waals surface area contributed by atoms with Crippen LogP contribution in [0.3, 0.4) is 0 Å². The van der Waals surface area contributed by atoms with Crippen LogP contribution < -0.4 is 16.0 Å². The van der Waals surface area contributed by atoms with Crippen molar-refractivity contribution in [2.45, 2.75) is 74.3 Å². The molecule has 4 rings (SSSR count). The molecule has 4 aliphatic heterocycles. The summed E-state index contributed by atoms with van der Waals surface area (Å²) in [5.41, 5.74) is 0.348. The van der Waals surface area contributed by atoms with Crippen LogP contribution in [0.1, 0.15) is 68.7 Å². The van der Waals surface area contributed by atoms with Crippen LogP contribution in [0.15, 0.2) is 0 Å². The summed E-state index contributed by atoms with van der Waals surface area (Å²) in [6.07, 6.45) is 1.37. The van der Waals surface area contributed by atoms with E-state index in [1.807, 2.05) is 41.5 Å². The van der Waals surface area contributed by atoms with Gasteiger partial charge in [-0.05, 0) is 52.1 Å². The van der Waals surface area contributed by atoms with E-state index in [2.05, 4.69) is 51.4 Å². The quantitative estimate of drug-likeness (QED) is 0.586. The highest BCUT2D eigenvalue weighted by atomic mass is 15.3. The number of nitrogens with one attached hydrogen (secondary N) is 3. The van der Waals surface area contributed by atoms with E-state index >= 15 is 0 Å². The van der Waals surface area contributed by atoms with Gasteiger partial charge in [-0.2, -0.15) is 0 Å². The second-order valence-corrected chi connectivity index (χ2v) is 9.89. The Bertz CT molecular complexity index is 401. The maximum absolute atomic E-state index is 3.46. The van der Waals surface area contributed by atoms with Crippen molar-refractivity contribution in [3.63, 3.8) is 0 Å². The fourth-order valence-electron chi connectivity index (χ4n) is 4.57. The Labute approximate surface area is 208 Å². The van der Waals surface area contributed by atoms with Gasteiger partial charge in [0.05, 0.1) is 0 Å². The lowest BCUT2D eigenvalue weighted by atomic mass is 10.0. The van der Waals surface area contributed by atoms with Crippen molar-refractivity contribution < 1.29 is 0 Å². The van der Waals surface area contributed by atoms with Crippen molar-refractivity contribution in [3.05, 3.63) is 0 Å². The molecule has 0 amide bonds. The minimum atomic E-state index is 0.348. The Morgan fingerprint density at radius 3 is 1.48 bits per heavy atom. The van der Waals surface area contributed by atoms with Crippen molar-refractivity contribution in [2.75, 3.05) is 91.6 Å². The third kappa shape index (κ3) is 14.0. The van der Waals surface area contributed by atoms with Gasteiger partial charge in [0.1, 0.15) is 0 Å². The van der Waals surface area contributed by atoms with Crippen molar-refractivity contribution >= 4 is 0 Å². The van der Waals surface area contributed by atoms with E-state index in [1.54, 1.807) is 0 Å². The summed E-state index contributed by atoms with van der Waals surface area (Å²) in [4.78, 5) is 7.83. The van der Waals surface area contributed by atoms with Gasteiger partial charge in [-0.1, -0.05) is 41.5 Å². The zero-order valence-electron chi connectivity index (χ0n) is 24.1. The zero-order chi connectivity index (χ0) is 25.1. The van der Waals surface area contributed by atoms with Crippen molar-refractivity contribution in [3.8, 4) is 0 Å². The van der Waals surface area contributed by atoms with Crippen LogP contribution in [-0.4, -0.2) is 112 Å². The lowest BCUT2D eigenvalue weighted by Gasteiger charge is -2.42. The average Bonchev–Trinajstić information content (AvgIpc) is 3.34. The van der Waals surface area contributed by atoms with E-state index in [4.69, 9.17) is 0 Å². The number of hydrogen-bond acceptors (Lipinski definition) is 6. The van der Waals surface area contributed by atoms with Gasteiger partial charge in [0.25, 0.3) is 0 Å². The standard InChI is InChI=1S/C13H27N3.C8H17N3.3C2H6/c1-13(2,3)16-8-6-15(7-9-16)11-12-4-5-14-10-12;1-3-11(4-2-9-1)7-8-5-10-6-8;3*1-2/h12,14H,4-11H2,1-3H3;8-10H,1-7H2;3*1-2H3/t12-;;;;/m1..../s1. The monoisotopic (exact) mass is 471 g/mol. The highest BCUT2D eigenvalue weighted by molar-refractivity contribution is 4.84.